The van der Waals surface area contributed by atoms with E-state index in [1.165, 1.54) is 23.8 Å². The molecule has 108 valence electrons. The van der Waals surface area contributed by atoms with Crippen LogP contribution in [-0.2, 0) is 11.2 Å². The molecule has 0 saturated carbocycles. The van der Waals surface area contributed by atoms with Gasteiger partial charge in [-0.05, 0) is 29.0 Å². The minimum absolute atomic E-state index is 0.197. The number of carbonyl (C=O) groups excluding carboxylic acids is 2. The molecule has 5 heteroatoms. The molecule has 0 bridgehead atoms. The first-order valence-corrected chi connectivity index (χ1v) is 7.63. The van der Waals surface area contributed by atoms with Crippen molar-refractivity contribution in [2.45, 2.75) is 26.2 Å². The minimum atomic E-state index is -0.483. The molecule has 0 aliphatic heterocycles. The maximum Gasteiger partial charge on any atom is 0.252 e. The van der Waals surface area contributed by atoms with Crippen LogP contribution in [0.15, 0.2) is 24.3 Å². The van der Waals surface area contributed by atoms with E-state index in [0.717, 1.165) is 22.4 Å². The maximum absolute atomic E-state index is 11.8. The number of nitrogens with one attached hydrogen (secondary N) is 1. The first-order chi connectivity index (χ1) is 9.99. The molecule has 1 aliphatic carbocycles. The van der Waals surface area contributed by atoms with E-state index in [1.54, 1.807) is 0 Å². The highest BCUT2D eigenvalue weighted by Gasteiger charge is 2.30. The van der Waals surface area contributed by atoms with Crippen LogP contribution >= 0.6 is 11.3 Å². The third-order valence-electron chi connectivity index (χ3n) is 3.79. The Morgan fingerprint density at radius 1 is 1.33 bits per heavy atom. The average Bonchev–Trinajstić information content (AvgIpc) is 2.76. The van der Waals surface area contributed by atoms with Crippen molar-refractivity contribution in [2.75, 3.05) is 5.32 Å². The summed E-state index contributed by atoms with van der Waals surface area (Å²) in [5.74, 6) is -0.355. The predicted octanol–water partition coefficient (Wildman–Crippen LogP) is 3.13. The first kappa shape index (κ1) is 13.8. The molecule has 1 unspecified atom stereocenters. The van der Waals surface area contributed by atoms with Gasteiger partial charge in [-0.15, -0.1) is 11.3 Å². The van der Waals surface area contributed by atoms with E-state index >= 15 is 0 Å². The Balaban J connectivity index is 2.25. The Labute approximate surface area is 127 Å². The third kappa shape index (κ3) is 2.23. The zero-order chi connectivity index (χ0) is 15.1. The number of rotatable bonds is 2. The second kappa shape index (κ2) is 5.00. The summed E-state index contributed by atoms with van der Waals surface area (Å²) in [6.45, 7) is 3.57. The van der Waals surface area contributed by atoms with Gasteiger partial charge < -0.3 is 11.1 Å². The number of fused-ring (bicyclic) bond motifs is 3. The number of hydrogen-bond acceptors (Lipinski definition) is 3. The van der Waals surface area contributed by atoms with Crippen LogP contribution < -0.4 is 11.1 Å². The maximum atomic E-state index is 11.8. The van der Waals surface area contributed by atoms with Crippen LogP contribution in [0.5, 0.6) is 0 Å². The SMILES string of the molecule is CC(=O)Nc1sc2c(c1C(N)=O)CC(C)c1ccccc1-2. The fraction of sp³-hybridized carbons (Fsp3) is 0.250. The number of amides is 2. The minimum Gasteiger partial charge on any atom is -0.365 e. The van der Waals surface area contributed by atoms with Crippen LogP contribution in [0.3, 0.4) is 0 Å². The second-order valence-electron chi connectivity index (χ2n) is 5.35. The van der Waals surface area contributed by atoms with E-state index in [0.29, 0.717) is 16.5 Å². The lowest BCUT2D eigenvalue weighted by Crippen LogP contribution is -2.18. The molecule has 0 saturated heterocycles. The number of benzene rings is 1. The quantitative estimate of drug-likeness (QED) is 0.894. The highest BCUT2D eigenvalue weighted by molar-refractivity contribution is 7.20. The molecule has 3 N–H and O–H groups in total. The Bertz CT molecular complexity index is 749. The van der Waals surface area contributed by atoms with Gasteiger partial charge >= 0.3 is 0 Å². The monoisotopic (exact) mass is 300 g/mol. The summed E-state index contributed by atoms with van der Waals surface area (Å²) in [6.07, 6.45) is 0.765. The van der Waals surface area contributed by atoms with Gasteiger partial charge in [0.15, 0.2) is 0 Å². The van der Waals surface area contributed by atoms with E-state index in [4.69, 9.17) is 5.73 Å². The van der Waals surface area contributed by atoms with Gasteiger partial charge in [0.25, 0.3) is 5.91 Å². The second-order valence-corrected chi connectivity index (χ2v) is 6.37. The predicted molar refractivity (Wildman–Crippen MR) is 84.7 cm³/mol. The fourth-order valence-corrected chi connectivity index (χ4v) is 4.26. The van der Waals surface area contributed by atoms with Crippen molar-refractivity contribution in [3.8, 4) is 10.4 Å². The highest BCUT2D eigenvalue weighted by Crippen LogP contribution is 2.48. The van der Waals surface area contributed by atoms with Crippen LogP contribution in [0.2, 0.25) is 0 Å². The van der Waals surface area contributed by atoms with Gasteiger partial charge in [-0.1, -0.05) is 31.2 Å². The van der Waals surface area contributed by atoms with E-state index in [-0.39, 0.29) is 5.91 Å². The van der Waals surface area contributed by atoms with Crippen molar-refractivity contribution in [3.05, 3.63) is 41.0 Å². The summed E-state index contributed by atoms with van der Waals surface area (Å²) in [5, 5.41) is 3.30. The lowest BCUT2D eigenvalue weighted by molar-refractivity contribution is -0.114. The fourth-order valence-electron chi connectivity index (χ4n) is 2.94. The van der Waals surface area contributed by atoms with Gasteiger partial charge in [0.1, 0.15) is 5.00 Å². The molecule has 1 aliphatic rings. The summed E-state index contributed by atoms with van der Waals surface area (Å²) in [6, 6.07) is 8.19. The lowest BCUT2D eigenvalue weighted by Gasteiger charge is -2.22. The van der Waals surface area contributed by atoms with Crippen LogP contribution in [-0.4, -0.2) is 11.8 Å². The van der Waals surface area contributed by atoms with Crippen molar-refractivity contribution in [1.29, 1.82) is 0 Å². The Morgan fingerprint density at radius 2 is 2.05 bits per heavy atom. The number of nitrogens with two attached hydrogens (primary N) is 1. The summed E-state index contributed by atoms with van der Waals surface area (Å²) in [4.78, 5) is 24.2. The zero-order valence-corrected chi connectivity index (χ0v) is 12.7. The topological polar surface area (TPSA) is 72.2 Å². The number of thiophene rings is 1. The summed E-state index contributed by atoms with van der Waals surface area (Å²) >= 11 is 1.43. The molecular formula is C16H16N2O2S. The molecule has 0 spiro atoms. The zero-order valence-electron chi connectivity index (χ0n) is 11.9. The third-order valence-corrected chi connectivity index (χ3v) is 4.97. The molecule has 4 nitrogen and oxygen atoms in total. The molecule has 2 aromatic rings. The largest absolute Gasteiger partial charge is 0.365 e. The van der Waals surface area contributed by atoms with Crippen LogP contribution in [0, 0.1) is 0 Å². The Morgan fingerprint density at radius 3 is 2.71 bits per heavy atom. The molecule has 1 atom stereocenters. The molecule has 0 radical (unpaired) electrons. The van der Waals surface area contributed by atoms with Crippen molar-refractivity contribution in [1.82, 2.24) is 0 Å². The molecule has 1 aromatic heterocycles. The Kier molecular flexibility index (Phi) is 3.29. The average molecular weight is 300 g/mol. The van der Waals surface area contributed by atoms with Crippen LogP contribution in [0.4, 0.5) is 5.00 Å². The van der Waals surface area contributed by atoms with Gasteiger partial charge in [-0.2, -0.15) is 0 Å². The van der Waals surface area contributed by atoms with Gasteiger partial charge in [-0.25, -0.2) is 0 Å². The normalized spacial score (nSPS) is 16.0. The molecule has 3 rings (SSSR count). The van der Waals surface area contributed by atoms with E-state index in [9.17, 15) is 9.59 Å². The summed E-state index contributed by atoms with van der Waals surface area (Å²) in [7, 11) is 0. The molecular weight excluding hydrogens is 284 g/mol. The highest BCUT2D eigenvalue weighted by atomic mass is 32.1. The van der Waals surface area contributed by atoms with Crippen molar-refractivity contribution in [3.63, 3.8) is 0 Å². The van der Waals surface area contributed by atoms with Crippen LogP contribution in [0.25, 0.3) is 10.4 Å². The molecule has 2 amide bonds. The van der Waals surface area contributed by atoms with Crippen molar-refractivity contribution >= 4 is 28.2 Å². The first-order valence-electron chi connectivity index (χ1n) is 6.81. The van der Waals surface area contributed by atoms with Crippen molar-refractivity contribution < 1.29 is 9.59 Å². The smallest absolute Gasteiger partial charge is 0.252 e. The number of carbonyl (C=O) groups is 2. The Hall–Kier alpha value is -2.14. The molecule has 0 fully saturated rings. The molecule has 1 heterocycles. The summed E-state index contributed by atoms with van der Waals surface area (Å²) < 4.78 is 0. The number of anilines is 1. The lowest BCUT2D eigenvalue weighted by atomic mass is 9.82. The van der Waals surface area contributed by atoms with Gasteiger partial charge in [0.2, 0.25) is 5.91 Å². The summed E-state index contributed by atoms with van der Waals surface area (Å²) in [5.41, 5.74) is 9.37. The van der Waals surface area contributed by atoms with Gasteiger partial charge in [0, 0.05) is 11.8 Å². The van der Waals surface area contributed by atoms with Crippen molar-refractivity contribution in [2.24, 2.45) is 5.73 Å². The number of primary amides is 1. The molecule has 21 heavy (non-hydrogen) atoms. The van der Waals surface area contributed by atoms with Gasteiger partial charge in [0.05, 0.1) is 5.56 Å². The molecule has 1 aromatic carbocycles. The van der Waals surface area contributed by atoms with Crippen LogP contribution in [0.1, 0.15) is 41.3 Å². The van der Waals surface area contributed by atoms with Gasteiger partial charge in [-0.3, -0.25) is 9.59 Å². The van der Waals surface area contributed by atoms with E-state index in [1.807, 2.05) is 12.1 Å². The number of hydrogen-bond donors (Lipinski definition) is 2. The van der Waals surface area contributed by atoms with E-state index < -0.39 is 5.91 Å². The van der Waals surface area contributed by atoms with E-state index in [2.05, 4.69) is 24.4 Å². The standard InChI is InChI=1S/C16H16N2O2S/c1-8-7-12-13(15(17)20)16(18-9(2)19)21-14(12)11-6-4-3-5-10(8)11/h3-6,8H,7H2,1-2H3,(H2,17,20)(H,18,19).